The van der Waals surface area contributed by atoms with Crippen molar-refractivity contribution in [2.45, 2.75) is 65.3 Å². The lowest BCUT2D eigenvalue weighted by molar-refractivity contribution is -0.133. The minimum atomic E-state index is -0.219. The van der Waals surface area contributed by atoms with Gasteiger partial charge >= 0.3 is 0 Å². The Balaban J connectivity index is 2.69. The second-order valence-corrected chi connectivity index (χ2v) is 5.64. The summed E-state index contributed by atoms with van der Waals surface area (Å²) in [6.45, 7) is 10.4. The first-order chi connectivity index (χ1) is 8.02. The number of piperidine rings is 1. The van der Waals surface area contributed by atoms with E-state index in [-0.39, 0.29) is 16.9 Å². The molecule has 1 rings (SSSR count). The molecule has 100 valence electrons. The van der Waals surface area contributed by atoms with Crippen LogP contribution < -0.4 is 10.6 Å². The molecule has 0 saturated carbocycles. The van der Waals surface area contributed by atoms with Crippen molar-refractivity contribution in [3.8, 4) is 0 Å². The fourth-order valence-electron chi connectivity index (χ4n) is 2.66. The van der Waals surface area contributed by atoms with Crippen LogP contribution in [0.15, 0.2) is 0 Å². The molecule has 2 N–H and O–H groups in total. The lowest BCUT2D eigenvalue weighted by Gasteiger charge is -2.39. The number of rotatable bonds is 5. The quantitative estimate of drug-likeness (QED) is 0.775. The minimum Gasteiger partial charge on any atom is -0.350 e. The van der Waals surface area contributed by atoms with Gasteiger partial charge in [0.2, 0.25) is 5.91 Å². The fraction of sp³-hybridized carbons (Fsp3) is 0.929. The monoisotopic (exact) mass is 240 g/mol. The average Bonchev–Trinajstić information content (AvgIpc) is 2.37. The van der Waals surface area contributed by atoms with Crippen LogP contribution in [0, 0.1) is 5.41 Å². The fourth-order valence-corrected chi connectivity index (χ4v) is 2.66. The number of hydrogen-bond acceptors (Lipinski definition) is 2. The van der Waals surface area contributed by atoms with Gasteiger partial charge in [0.15, 0.2) is 0 Å². The lowest BCUT2D eigenvalue weighted by atomic mass is 9.80. The van der Waals surface area contributed by atoms with Gasteiger partial charge in [-0.1, -0.05) is 20.8 Å². The molecule has 0 bridgehead atoms. The Hall–Kier alpha value is -0.570. The molecule has 0 radical (unpaired) electrons. The smallest absolute Gasteiger partial charge is 0.227 e. The molecule has 17 heavy (non-hydrogen) atoms. The van der Waals surface area contributed by atoms with Gasteiger partial charge in [0.1, 0.15) is 0 Å². The molecular formula is C14H28N2O. The summed E-state index contributed by atoms with van der Waals surface area (Å²) in [5.41, 5.74) is -0.222. The second-order valence-electron chi connectivity index (χ2n) is 5.64. The number of hydrogen-bond donors (Lipinski definition) is 2. The van der Waals surface area contributed by atoms with E-state index in [2.05, 4.69) is 38.3 Å². The zero-order valence-electron chi connectivity index (χ0n) is 11.9. The third-order valence-corrected chi connectivity index (χ3v) is 4.55. The zero-order chi connectivity index (χ0) is 12.9. The molecular weight excluding hydrogens is 212 g/mol. The summed E-state index contributed by atoms with van der Waals surface area (Å²) in [5.74, 6) is 0.232. The summed E-state index contributed by atoms with van der Waals surface area (Å²) in [6, 6.07) is 0. The first-order valence-corrected chi connectivity index (χ1v) is 7.05. The van der Waals surface area contributed by atoms with Crippen LogP contribution >= 0.6 is 0 Å². The third kappa shape index (κ3) is 3.21. The van der Waals surface area contributed by atoms with Crippen LogP contribution in [0.2, 0.25) is 0 Å². The summed E-state index contributed by atoms with van der Waals surface area (Å²) in [5, 5.41) is 6.65. The summed E-state index contributed by atoms with van der Waals surface area (Å²) < 4.78 is 0. The molecule has 0 aromatic rings. The van der Waals surface area contributed by atoms with E-state index >= 15 is 0 Å². The largest absolute Gasteiger partial charge is 0.350 e. The third-order valence-electron chi connectivity index (χ3n) is 4.55. The Bertz CT molecular complexity index is 245. The van der Waals surface area contributed by atoms with Crippen LogP contribution in [0.5, 0.6) is 0 Å². The van der Waals surface area contributed by atoms with E-state index in [1.807, 2.05) is 0 Å². The van der Waals surface area contributed by atoms with Crippen LogP contribution in [0.25, 0.3) is 0 Å². The van der Waals surface area contributed by atoms with Gasteiger partial charge < -0.3 is 10.6 Å². The molecule has 1 aliphatic heterocycles. The van der Waals surface area contributed by atoms with Crippen molar-refractivity contribution >= 4 is 5.91 Å². The van der Waals surface area contributed by atoms with Crippen molar-refractivity contribution in [3.63, 3.8) is 0 Å². The summed E-state index contributed by atoms with van der Waals surface area (Å²) >= 11 is 0. The van der Waals surface area contributed by atoms with Gasteiger partial charge in [0.25, 0.3) is 0 Å². The molecule has 3 nitrogen and oxygen atoms in total. The van der Waals surface area contributed by atoms with Crippen molar-refractivity contribution in [3.05, 3.63) is 0 Å². The van der Waals surface area contributed by atoms with E-state index in [0.717, 1.165) is 45.2 Å². The SMILES string of the molecule is CCC(CC)(CC)NC(=O)C1(C)CCCNC1. The van der Waals surface area contributed by atoms with E-state index in [1.54, 1.807) is 0 Å². The van der Waals surface area contributed by atoms with Gasteiger partial charge in [-0.3, -0.25) is 4.79 Å². The van der Waals surface area contributed by atoms with Crippen molar-refractivity contribution in [2.75, 3.05) is 13.1 Å². The van der Waals surface area contributed by atoms with Gasteiger partial charge in [-0.05, 0) is 45.6 Å². The van der Waals surface area contributed by atoms with E-state index in [0.29, 0.717) is 0 Å². The van der Waals surface area contributed by atoms with Crippen molar-refractivity contribution in [1.29, 1.82) is 0 Å². The van der Waals surface area contributed by atoms with Crippen LogP contribution in [-0.4, -0.2) is 24.5 Å². The molecule has 1 heterocycles. The number of nitrogens with one attached hydrogen (secondary N) is 2. The Labute approximate surface area is 106 Å². The maximum atomic E-state index is 12.5. The molecule has 1 amide bonds. The maximum Gasteiger partial charge on any atom is 0.227 e. The molecule has 3 heteroatoms. The number of carbonyl (C=O) groups excluding carboxylic acids is 1. The highest BCUT2D eigenvalue weighted by atomic mass is 16.2. The second kappa shape index (κ2) is 5.85. The van der Waals surface area contributed by atoms with E-state index in [1.165, 1.54) is 0 Å². The lowest BCUT2D eigenvalue weighted by Crippen LogP contribution is -2.56. The highest BCUT2D eigenvalue weighted by Gasteiger charge is 2.38. The zero-order valence-corrected chi connectivity index (χ0v) is 11.9. The highest BCUT2D eigenvalue weighted by Crippen LogP contribution is 2.28. The highest BCUT2D eigenvalue weighted by molar-refractivity contribution is 5.83. The Morgan fingerprint density at radius 2 is 1.88 bits per heavy atom. The van der Waals surface area contributed by atoms with Crippen LogP contribution in [0.1, 0.15) is 59.8 Å². The topological polar surface area (TPSA) is 41.1 Å². The standard InChI is InChI=1S/C14H28N2O/c1-5-14(6-2,7-3)16-12(17)13(4)9-8-10-15-11-13/h15H,5-11H2,1-4H3,(H,16,17). The van der Waals surface area contributed by atoms with Crippen molar-refractivity contribution in [1.82, 2.24) is 10.6 Å². The van der Waals surface area contributed by atoms with Crippen LogP contribution in [-0.2, 0) is 4.79 Å². The molecule has 1 fully saturated rings. The molecule has 1 aliphatic rings. The van der Waals surface area contributed by atoms with Gasteiger partial charge in [0, 0.05) is 12.1 Å². The summed E-state index contributed by atoms with van der Waals surface area (Å²) in [4.78, 5) is 12.5. The molecule has 0 aliphatic carbocycles. The normalized spacial score (nSPS) is 25.6. The van der Waals surface area contributed by atoms with Crippen LogP contribution in [0.4, 0.5) is 0 Å². The molecule has 1 unspecified atom stereocenters. The molecule has 0 aromatic carbocycles. The molecule has 1 atom stereocenters. The first-order valence-electron chi connectivity index (χ1n) is 7.05. The Morgan fingerprint density at radius 3 is 2.29 bits per heavy atom. The minimum absolute atomic E-state index is 0.00244. The Kier molecular flexibility index (Phi) is 4.99. The van der Waals surface area contributed by atoms with Crippen molar-refractivity contribution in [2.24, 2.45) is 5.41 Å². The van der Waals surface area contributed by atoms with E-state index in [9.17, 15) is 4.79 Å². The Morgan fingerprint density at radius 1 is 1.29 bits per heavy atom. The summed E-state index contributed by atoms with van der Waals surface area (Å²) in [6.07, 6.45) is 5.13. The van der Waals surface area contributed by atoms with Gasteiger partial charge in [-0.2, -0.15) is 0 Å². The summed E-state index contributed by atoms with van der Waals surface area (Å²) in [7, 11) is 0. The van der Waals surface area contributed by atoms with E-state index in [4.69, 9.17) is 0 Å². The maximum absolute atomic E-state index is 12.5. The van der Waals surface area contributed by atoms with Gasteiger partial charge in [0.05, 0.1) is 5.41 Å². The van der Waals surface area contributed by atoms with Crippen LogP contribution in [0.3, 0.4) is 0 Å². The predicted octanol–water partition coefficient (Wildman–Crippen LogP) is 2.46. The number of amides is 1. The molecule has 0 spiro atoms. The molecule has 1 saturated heterocycles. The first kappa shape index (κ1) is 14.5. The predicted molar refractivity (Wildman–Crippen MR) is 72.0 cm³/mol. The van der Waals surface area contributed by atoms with Crippen molar-refractivity contribution < 1.29 is 4.79 Å². The van der Waals surface area contributed by atoms with Gasteiger partial charge in [-0.25, -0.2) is 0 Å². The number of carbonyl (C=O) groups is 1. The van der Waals surface area contributed by atoms with Gasteiger partial charge in [-0.15, -0.1) is 0 Å². The molecule has 0 aromatic heterocycles. The van der Waals surface area contributed by atoms with E-state index < -0.39 is 0 Å². The average molecular weight is 240 g/mol.